The fraction of sp³-hybridized carbons (Fsp3) is 0.769. The van der Waals surface area contributed by atoms with Gasteiger partial charge in [-0.1, -0.05) is 18.9 Å². The maximum absolute atomic E-state index is 13.6. The Morgan fingerprint density at radius 1 is 1.11 bits per heavy atom. The molecule has 3 fully saturated rings. The minimum atomic E-state index is -3.73. The van der Waals surface area contributed by atoms with Crippen molar-refractivity contribution < 1.29 is 32.3 Å². The minimum Gasteiger partial charge on any atom is -0.444 e. The van der Waals surface area contributed by atoms with Crippen molar-refractivity contribution in [1.82, 2.24) is 20.3 Å². The molecule has 2 atom stereocenters. The highest BCUT2D eigenvalue weighted by Crippen LogP contribution is 2.37. The smallest absolute Gasteiger partial charge is 0.408 e. The number of carbonyl (C=O) groups is 4. The Balaban J connectivity index is 1.64. The van der Waals surface area contributed by atoms with Crippen LogP contribution in [0.5, 0.6) is 0 Å². The van der Waals surface area contributed by atoms with Crippen LogP contribution >= 0.6 is 0 Å². The first-order valence-electron chi connectivity index (χ1n) is 13.6. The van der Waals surface area contributed by atoms with Crippen molar-refractivity contribution in [2.24, 2.45) is 0 Å². The normalized spacial score (nSPS) is 21.2. The lowest BCUT2D eigenvalue weighted by atomic mass is 10.0. The van der Waals surface area contributed by atoms with Crippen LogP contribution in [0.25, 0.3) is 0 Å². The summed E-state index contributed by atoms with van der Waals surface area (Å²) in [6.07, 6.45) is 7.59. The van der Waals surface area contributed by atoms with E-state index in [0.29, 0.717) is 57.9 Å². The van der Waals surface area contributed by atoms with E-state index in [1.807, 2.05) is 6.08 Å². The first-order valence-corrected chi connectivity index (χ1v) is 15.1. The molecule has 0 bridgehead atoms. The molecule has 0 aromatic heterocycles. The number of unbranched alkanes of at least 4 members (excludes halogenated alkanes) is 3. The summed E-state index contributed by atoms with van der Waals surface area (Å²) >= 11 is 0. The van der Waals surface area contributed by atoms with E-state index in [4.69, 9.17) is 4.74 Å². The first kappa shape index (κ1) is 29.9. The predicted octanol–water partition coefficient (Wildman–Crippen LogP) is 2.26. The summed E-state index contributed by atoms with van der Waals surface area (Å²) in [7, 11) is -3.73. The van der Waals surface area contributed by atoms with Gasteiger partial charge in [-0.05, 0) is 78.6 Å². The number of amides is 4. The van der Waals surface area contributed by atoms with Gasteiger partial charge < -0.3 is 20.3 Å². The lowest BCUT2D eigenvalue weighted by molar-refractivity contribution is -0.141. The van der Waals surface area contributed by atoms with Crippen LogP contribution in [-0.4, -0.2) is 72.2 Å². The Bertz CT molecular complexity index is 1030. The number of allylic oxidation sites excluding steroid dienone is 1. The van der Waals surface area contributed by atoms with Gasteiger partial charge >= 0.3 is 6.09 Å². The molecular weight excluding hydrogens is 512 g/mol. The van der Waals surface area contributed by atoms with Crippen LogP contribution < -0.4 is 15.4 Å². The number of rotatable bonds is 13. The lowest BCUT2D eigenvalue weighted by Crippen LogP contribution is -2.57. The summed E-state index contributed by atoms with van der Waals surface area (Å²) in [6, 6.07) is -1.67. The molecule has 2 aliphatic carbocycles. The highest BCUT2D eigenvalue weighted by Gasteiger charge is 2.54. The third kappa shape index (κ3) is 8.18. The van der Waals surface area contributed by atoms with Crippen molar-refractivity contribution in [2.75, 3.05) is 6.54 Å². The van der Waals surface area contributed by atoms with E-state index < -0.39 is 56.4 Å². The van der Waals surface area contributed by atoms with Gasteiger partial charge in [0.1, 0.15) is 23.2 Å². The van der Waals surface area contributed by atoms with E-state index in [-0.39, 0.29) is 5.91 Å². The van der Waals surface area contributed by atoms with Gasteiger partial charge in [-0.2, -0.15) is 0 Å². The SMILES string of the molecule is C=CCCCCC[C@H](NC(=O)OC(C)(C)C)C(=O)N1CCC[C@H]1C(=O)NC1(C(=O)NS(=O)(=O)C2CC2)CC1. The van der Waals surface area contributed by atoms with Gasteiger partial charge in [0.25, 0.3) is 5.91 Å². The average Bonchev–Trinajstić information content (AvgIpc) is 3.74. The first-order chi connectivity index (χ1) is 17.8. The number of sulfonamides is 1. The number of hydrogen-bond donors (Lipinski definition) is 3. The number of alkyl carbamates (subject to hydrolysis) is 1. The van der Waals surface area contributed by atoms with E-state index in [1.54, 1.807) is 20.8 Å². The van der Waals surface area contributed by atoms with Gasteiger partial charge in [0, 0.05) is 6.54 Å². The summed E-state index contributed by atoms with van der Waals surface area (Å²) in [5.41, 5.74) is -2.00. The Labute approximate surface area is 225 Å². The molecule has 11 nitrogen and oxygen atoms in total. The largest absolute Gasteiger partial charge is 0.444 e. The summed E-state index contributed by atoms with van der Waals surface area (Å²) in [6.45, 7) is 9.26. The standard InChI is InChI=1S/C26H42N4O7S/c1-5-6-7-8-9-11-19(27-24(34)37-25(2,3)4)22(32)30-17-10-12-20(30)21(31)28-26(15-16-26)23(33)29-38(35,36)18-13-14-18/h5,18-20H,1,6-17H2,2-4H3,(H,27,34)(H,28,31)(H,29,33)/t19-,20-/m0/s1. The Morgan fingerprint density at radius 3 is 2.37 bits per heavy atom. The monoisotopic (exact) mass is 554 g/mol. The van der Waals surface area contributed by atoms with Crippen LogP contribution in [0, 0.1) is 0 Å². The average molecular weight is 555 g/mol. The molecule has 3 rings (SSSR count). The molecule has 0 aromatic carbocycles. The van der Waals surface area contributed by atoms with Crippen molar-refractivity contribution in [1.29, 1.82) is 0 Å². The molecule has 1 saturated heterocycles. The van der Waals surface area contributed by atoms with Crippen molar-refractivity contribution in [3.05, 3.63) is 12.7 Å². The molecule has 0 aromatic rings. The maximum Gasteiger partial charge on any atom is 0.408 e. The number of nitrogens with zero attached hydrogens (tertiary/aromatic N) is 1. The van der Waals surface area contributed by atoms with E-state index in [9.17, 15) is 27.6 Å². The van der Waals surface area contributed by atoms with E-state index in [0.717, 1.165) is 19.3 Å². The number of nitrogens with one attached hydrogen (secondary N) is 3. The van der Waals surface area contributed by atoms with Gasteiger partial charge in [-0.3, -0.25) is 19.1 Å². The summed E-state index contributed by atoms with van der Waals surface area (Å²) in [5.74, 6) is -1.59. The van der Waals surface area contributed by atoms with Crippen LogP contribution in [0.4, 0.5) is 4.79 Å². The fourth-order valence-electron chi connectivity index (χ4n) is 4.57. The molecule has 4 amide bonds. The molecule has 214 valence electrons. The molecule has 2 saturated carbocycles. The maximum atomic E-state index is 13.6. The van der Waals surface area contributed by atoms with Gasteiger partial charge in [-0.15, -0.1) is 6.58 Å². The third-order valence-electron chi connectivity index (χ3n) is 6.97. The molecule has 3 aliphatic rings. The van der Waals surface area contributed by atoms with Gasteiger partial charge in [0.05, 0.1) is 5.25 Å². The molecular formula is C26H42N4O7S. The fourth-order valence-corrected chi connectivity index (χ4v) is 5.94. The minimum absolute atomic E-state index is 0.332. The zero-order valence-corrected chi connectivity index (χ0v) is 23.5. The molecule has 0 spiro atoms. The summed E-state index contributed by atoms with van der Waals surface area (Å²) in [4.78, 5) is 53.5. The zero-order valence-electron chi connectivity index (χ0n) is 22.7. The van der Waals surface area contributed by atoms with E-state index in [1.165, 1.54) is 4.90 Å². The Hall–Kier alpha value is -2.63. The third-order valence-corrected chi connectivity index (χ3v) is 8.79. The number of carbonyl (C=O) groups excluding carboxylic acids is 4. The van der Waals surface area contributed by atoms with Crippen LogP contribution in [0.2, 0.25) is 0 Å². The number of ether oxygens (including phenoxy) is 1. The topological polar surface area (TPSA) is 151 Å². The molecule has 1 heterocycles. The van der Waals surface area contributed by atoms with Crippen molar-refractivity contribution in [3.63, 3.8) is 0 Å². The number of hydrogen-bond acceptors (Lipinski definition) is 7. The van der Waals surface area contributed by atoms with Gasteiger partial charge in [0.15, 0.2) is 0 Å². The van der Waals surface area contributed by atoms with E-state index in [2.05, 4.69) is 21.9 Å². The second kappa shape index (κ2) is 12.0. The molecule has 1 aliphatic heterocycles. The van der Waals surface area contributed by atoms with Crippen molar-refractivity contribution in [3.8, 4) is 0 Å². The van der Waals surface area contributed by atoms with Crippen LogP contribution in [0.15, 0.2) is 12.7 Å². The van der Waals surface area contributed by atoms with Gasteiger partial charge in [-0.25, -0.2) is 13.2 Å². The molecule has 3 N–H and O–H groups in total. The van der Waals surface area contributed by atoms with Gasteiger partial charge in [0.2, 0.25) is 21.8 Å². The predicted molar refractivity (Wildman–Crippen MR) is 141 cm³/mol. The zero-order chi connectivity index (χ0) is 28.1. The molecule has 12 heteroatoms. The summed E-state index contributed by atoms with van der Waals surface area (Å²) in [5, 5.41) is 4.86. The van der Waals surface area contributed by atoms with Crippen LogP contribution in [-0.2, 0) is 29.1 Å². The summed E-state index contributed by atoms with van der Waals surface area (Å²) < 4.78 is 31.9. The molecule has 0 unspecified atom stereocenters. The van der Waals surface area contributed by atoms with Crippen LogP contribution in [0.3, 0.4) is 0 Å². The van der Waals surface area contributed by atoms with E-state index >= 15 is 0 Å². The number of likely N-dealkylation sites (tertiary alicyclic amines) is 1. The van der Waals surface area contributed by atoms with Crippen molar-refractivity contribution >= 4 is 33.8 Å². The molecule has 38 heavy (non-hydrogen) atoms. The molecule has 0 radical (unpaired) electrons. The highest BCUT2D eigenvalue weighted by molar-refractivity contribution is 7.91. The Kier molecular flexibility index (Phi) is 9.48. The van der Waals surface area contributed by atoms with Crippen LogP contribution in [0.1, 0.15) is 91.4 Å². The second-order valence-electron chi connectivity index (χ2n) is 11.6. The Morgan fingerprint density at radius 2 is 1.79 bits per heavy atom. The lowest BCUT2D eigenvalue weighted by Gasteiger charge is -2.30. The van der Waals surface area contributed by atoms with Crippen molar-refractivity contribution in [2.45, 2.75) is 120 Å². The second-order valence-corrected chi connectivity index (χ2v) is 13.5. The highest BCUT2D eigenvalue weighted by atomic mass is 32.2. The quantitative estimate of drug-likeness (QED) is 0.233.